The van der Waals surface area contributed by atoms with Crippen LogP contribution in [0.3, 0.4) is 0 Å². The molecule has 0 fully saturated rings. The van der Waals surface area contributed by atoms with Crippen LogP contribution in [0, 0.1) is 6.92 Å². The molecule has 1 unspecified atom stereocenters. The van der Waals surface area contributed by atoms with Gasteiger partial charge in [-0.1, -0.05) is 18.5 Å². The van der Waals surface area contributed by atoms with Gasteiger partial charge in [-0.2, -0.15) is 0 Å². The van der Waals surface area contributed by atoms with Crippen LogP contribution in [-0.2, 0) is 0 Å². The Balaban J connectivity index is 2.26. The average Bonchev–Trinajstić information content (AvgIpc) is 2.34. The number of ether oxygens (including phenoxy) is 1. The highest BCUT2D eigenvalue weighted by Gasteiger charge is 2.05. The maximum Gasteiger partial charge on any atom is 0.120 e. The van der Waals surface area contributed by atoms with Gasteiger partial charge >= 0.3 is 0 Å². The quantitative estimate of drug-likeness (QED) is 0.715. The summed E-state index contributed by atoms with van der Waals surface area (Å²) in [6.07, 6.45) is 3.65. The van der Waals surface area contributed by atoms with Crippen molar-refractivity contribution < 1.29 is 4.74 Å². The molecule has 0 amide bonds. The molecule has 18 heavy (non-hydrogen) atoms. The van der Waals surface area contributed by atoms with E-state index in [0.717, 1.165) is 42.3 Å². The number of hydrogen-bond acceptors (Lipinski definition) is 2. The summed E-state index contributed by atoms with van der Waals surface area (Å²) >= 11 is 5.99. The molecule has 1 N–H and O–H groups in total. The Labute approximate surface area is 116 Å². The standard InChI is InChI=1S/C15H24ClNO/c1-4-9-17-10-5-6-13(3)18-14-7-8-15(16)12(2)11-14/h7-8,11,13,17H,4-6,9-10H2,1-3H3. The Morgan fingerprint density at radius 1 is 1.33 bits per heavy atom. The summed E-state index contributed by atoms with van der Waals surface area (Å²) in [6.45, 7) is 8.46. The van der Waals surface area contributed by atoms with E-state index in [1.165, 1.54) is 6.42 Å². The van der Waals surface area contributed by atoms with Crippen LogP contribution in [0.2, 0.25) is 5.02 Å². The molecule has 0 heterocycles. The molecular weight excluding hydrogens is 246 g/mol. The maximum absolute atomic E-state index is 5.99. The van der Waals surface area contributed by atoms with E-state index in [2.05, 4.69) is 19.2 Å². The molecule has 0 aliphatic rings. The Morgan fingerprint density at radius 3 is 2.78 bits per heavy atom. The lowest BCUT2D eigenvalue weighted by atomic mass is 10.2. The van der Waals surface area contributed by atoms with E-state index >= 15 is 0 Å². The summed E-state index contributed by atoms with van der Waals surface area (Å²) in [4.78, 5) is 0. The zero-order chi connectivity index (χ0) is 13.4. The fourth-order valence-corrected chi connectivity index (χ4v) is 1.92. The van der Waals surface area contributed by atoms with Gasteiger partial charge in [0.25, 0.3) is 0 Å². The van der Waals surface area contributed by atoms with Crippen LogP contribution < -0.4 is 10.1 Å². The number of aryl methyl sites for hydroxylation is 1. The predicted molar refractivity (Wildman–Crippen MR) is 78.7 cm³/mol. The highest BCUT2D eigenvalue weighted by atomic mass is 35.5. The second-order valence-electron chi connectivity index (χ2n) is 4.73. The van der Waals surface area contributed by atoms with Crippen molar-refractivity contribution >= 4 is 11.6 Å². The minimum absolute atomic E-state index is 0.244. The molecule has 3 heteroatoms. The number of hydrogen-bond donors (Lipinski definition) is 1. The summed E-state index contributed by atoms with van der Waals surface area (Å²) in [6, 6.07) is 5.82. The number of benzene rings is 1. The summed E-state index contributed by atoms with van der Waals surface area (Å²) in [5, 5.41) is 4.19. The predicted octanol–water partition coefficient (Wildman–Crippen LogP) is 4.20. The molecule has 1 aromatic carbocycles. The monoisotopic (exact) mass is 269 g/mol. The maximum atomic E-state index is 5.99. The molecule has 1 aromatic rings. The van der Waals surface area contributed by atoms with Crippen LogP contribution in [0.25, 0.3) is 0 Å². The third kappa shape index (κ3) is 5.74. The van der Waals surface area contributed by atoms with Crippen molar-refractivity contribution in [3.63, 3.8) is 0 Å². The van der Waals surface area contributed by atoms with Crippen LogP contribution in [0.5, 0.6) is 5.75 Å². The topological polar surface area (TPSA) is 21.3 Å². The van der Waals surface area contributed by atoms with Gasteiger partial charge in [0.15, 0.2) is 0 Å². The van der Waals surface area contributed by atoms with Crippen molar-refractivity contribution in [3.8, 4) is 5.75 Å². The molecular formula is C15H24ClNO. The average molecular weight is 270 g/mol. The van der Waals surface area contributed by atoms with Gasteiger partial charge in [-0.25, -0.2) is 0 Å². The zero-order valence-corrected chi connectivity index (χ0v) is 12.4. The van der Waals surface area contributed by atoms with Crippen molar-refractivity contribution in [2.24, 2.45) is 0 Å². The second-order valence-corrected chi connectivity index (χ2v) is 5.14. The van der Waals surface area contributed by atoms with Crippen LogP contribution in [0.1, 0.15) is 38.7 Å². The van der Waals surface area contributed by atoms with E-state index in [4.69, 9.17) is 16.3 Å². The molecule has 0 saturated carbocycles. The fourth-order valence-electron chi connectivity index (χ4n) is 1.80. The highest BCUT2D eigenvalue weighted by molar-refractivity contribution is 6.31. The first-order valence-electron chi connectivity index (χ1n) is 6.77. The Bertz CT molecular complexity index is 354. The van der Waals surface area contributed by atoms with Gasteiger partial charge in [0, 0.05) is 5.02 Å². The van der Waals surface area contributed by atoms with Gasteiger partial charge in [-0.05, 0) is 70.0 Å². The summed E-state index contributed by atoms with van der Waals surface area (Å²) in [7, 11) is 0. The van der Waals surface area contributed by atoms with E-state index in [9.17, 15) is 0 Å². The van der Waals surface area contributed by atoms with Gasteiger partial charge in [0.2, 0.25) is 0 Å². The van der Waals surface area contributed by atoms with Crippen molar-refractivity contribution in [1.82, 2.24) is 5.32 Å². The zero-order valence-electron chi connectivity index (χ0n) is 11.6. The van der Waals surface area contributed by atoms with Crippen LogP contribution >= 0.6 is 11.6 Å². The van der Waals surface area contributed by atoms with Crippen LogP contribution in [0.4, 0.5) is 0 Å². The Hall–Kier alpha value is -0.730. The Morgan fingerprint density at radius 2 is 2.11 bits per heavy atom. The molecule has 0 aliphatic heterocycles. The second kappa shape index (κ2) is 8.39. The highest BCUT2D eigenvalue weighted by Crippen LogP contribution is 2.22. The van der Waals surface area contributed by atoms with Crippen molar-refractivity contribution in [1.29, 1.82) is 0 Å². The number of halogens is 1. The van der Waals surface area contributed by atoms with Gasteiger partial charge in [0.05, 0.1) is 6.10 Å². The molecule has 1 atom stereocenters. The summed E-state index contributed by atoms with van der Waals surface area (Å²) in [5.74, 6) is 0.908. The largest absolute Gasteiger partial charge is 0.491 e. The normalized spacial score (nSPS) is 12.4. The van der Waals surface area contributed by atoms with E-state index in [-0.39, 0.29) is 6.10 Å². The first-order valence-corrected chi connectivity index (χ1v) is 7.14. The number of rotatable bonds is 8. The first-order chi connectivity index (χ1) is 8.63. The minimum atomic E-state index is 0.244. The van der Waals surface area contributed by atoms with E-state index in [1.807, 2.05) is 25.1 Å². The summed E-state index contributed by atoms with van der Waals surface area (Å²) in [5.41, 5.74) is 1.06. The molecule has 0 spiro atoms. The van der Waals surface area contributed by atoms with Crippen molar-refractivity contribution in [3.05, 3.63) is 28.8 Å². The molecule has 2 nitrogen and oxygen atoms in total. The molecule has 0 radical (unpaired) electrons. The molecule has 0 aliphatic carbocycles. The van der Waals surface area contributed by atoms with E-state index < -0.39 is 0 Å². The van der Waals surface area contributed by atoms with Crippen LogP contribution in [0.15, 0.2) is 18.2 Å². The van der Waals surface area contributed by atoms with Crippen molar-refractivity contribution in [2.75, 3.05) is 13.1 Å². The smallest absolute Gasteiger partial charge is 0.120 e. The molecule has 0 bridgehead atoms. The Kier molecular flexibility index (Phi) is 7.14. The van der Waals surface area contributed by atoms with E-state index in [0.29, 0.717) is 0 Å². The van der Waals surface area contributed by atoms with Crippen molar-refractivity contribution in [2.45, 2.75) is 46.1 Å². The molecule has 0 saturated heterocycles. The minimum Gasteiger partial charge on any atom is -0.491 e. The summed E-state index contributed by atoms with van der Waals surface area (Å²) < 4.78 is 5.87. The van der Waals surface area contributed by atoms with Gasteiger partial charge in [-0.3, -0.25) is 0 Å². The van der Waals surface area contributed by atoms with E-state index in [1.54, 1.807) is 0 Å². The van der Waals surface area contributed by atoms with Crippen LogP contribution in [-0.4, -0.2) is 19.2 Å². The fraction of sp³-hybridized carbons (Fsp3) is 0.600. The third-order valence-corrected chi connectivity index (χ3v) is 3.28. The molecule has 1 rings (SSSR count). The van der Waals surface area contributed by atoms with Gasteiger partial charge < -0.3 is 10.1 Å². The van der Waals surface area contributed by atoms with Gasteiger partial charge in [-0.15, -0.1) is 0 Å². The SMILES string of the molecule is CCCNCCCC(C)Oc1ccc(Cl)c(C)c1. The van der Waals surface area contributed by atoms with Gasteiger partial charge in [0.1, 0.15) is 5.75 Å². The first kappa shape index (κ1) is 15.3. The number of nitrogens with one attached hydrogen (secondary N) is 1. The lowest BCUT2D eigenvalue weighted by molar-refractivity contribution is 0.207. The molecule has 102 valence electrons. The lowest BCUT2D eigenvalue weighted by Crippen LogP contribution is -2.19. The third-order valence-electron chi connectivity index (χ3n) is 2.86. The molecule has 0 aromatic heterocycles. The lowest BCUT2D eigenvalue weighted by Gasteiger charge is -2.15.